The molecule has 1 aromatic carbocycles. The Morgan fingerprint density at radius 1 is 1.03 bits per heavy atom. The zero-order chi connectivity index (χ0) is 24.1. The predicted octanol–water partition coefficient (Wildman–Crippen LogP) is 5.20. The molecule has 0 bridgehead atoms. The Morgan fingerprint density at radius 2 is 1.82 bits per heavy atom. The third-order valence-electron chi connectivity index (χ3n) is 5.44. The smallest absolute Gasteiger partial charge is 0.428 e. The van der Waals surface area contributed by atoms with E-state index in [0.717, 1.165) is 49.2 Å². The van der Waals surface area contributed by atoms with Crippen molar-refractivity contribution in [3.8, 4) is 17.0 Å². The molecule has 0 amide bonds. The lowest BCUT2D eigenvalue weighted by molar-refractivity contribution is -0.253. The van der Waals surface area contributed by atoms with E-state index in [-0.39, 0.29) is 12.0 Å². The molecule has 0 radical (unpaired) electrons. The summed E-state index contributed by atoms with van der Waals surface area (Å²) < 4.78 is 55.2. The quantitative estimate of drug-likeness (QED) is 0.385. The SMILES string of the molecule is NC1CCC(Nc2ccc(-c3ccnc(Nc4cccc(OC(F)(F)C(F)F)c4)n3)cn2)CC1. The van der Waals surface area contributed by atoms with Gasteiger partial charge in [0.1, 0.15) is 11.6 Å². The molecule has 4 N–H and O–H groups in total. The van der Waals surface area contributed by atoms with Gasteiger partial charge in [-0.1, -0.05) is 6.07 Å². The van der Waals surface area contributed by atoms with Crippen molar-refractivity contribution in [1.82, 2.24) is 15.0 Å². The van der Waals surface area contributed by atoms with E-state index in [4.69, 9.17) is 5.73 Å². The number of nitrogens with two attached hydrogens (primary N) is 1. The molecule has 0 unspecified atom stereocenters. The molecule has 1 aliphatic carbocycles. The van der Waals surface area contributed by atoms with Gasteiger partial charge in [0.15, 0.2) is 0 Å². The molecule has 2 heterocycles. The number of aromatic nitrogens is 3. The first-order valence-corrected chi connectivity index (χ1v) is 10.8. The van der Waals surface area contributed by atoms with Gasteiger partial charge in [0, 0.05) is 41.8 Å². The number of hydrogen-bond donors (Lipinski definition) is 3. The number of rotatable bonds is 8. The number of alkyl halides is 4. The largest absolute Gasteiger partial charge is 0.461 e. The molecular formula is C23H24F4N6O. The highest BCUT2D eigenvalue weighted by Gasteiger charge is 2.44. The van der Waals surface area contributed by atoms with E-state index >= 15 is 0 Å². The van der Waals surface area contributed by atoms with Gasteiger partial charge < -0.3 is 21.1 Å². The van der Waals surface area contributed by atoms with Crippen LogP contribution in [0.2, 0.25) is 0 Å². The fourth-order valence-electron chi connectivity index (χ4n) is 3.65. The zero-order valence-electron chi connectivity index (χ0n) is 18.1. The summed E-state index contributed by atoms with van der Waals surface area (Å²) in [6, 6.07) is 11.4. The van der Waals surface area contributed by atoms with Gasteiger partial charge in [-0.15, -0.1) is 0 Å². The Hall–Kier alpha value is -3.47. The molecule has 2 aromatic heterocycles. The number of anilines is 3. The highest BCUT2D eigenvalue weighted by Crippen LogP contribution is 2.30. The number of pyridine rings is 1. The Balaban J connectivity index is 1.42. The van der Waals surface area contributed by atoms with Crippen molar-refractivity contribution in [3.63, 3.8) is 0 Å². The van der Waals surface area contributed by atoms with Crippen LogP contribution in [0.3, 0.4) is 0 Å². The lowest BCUT2D eigenvalue weighted by Gasteiger charge is -2.27. The topological polar surface area (TPSA) is 98.0 Å². The molecular weight excluding hydrogens is 452 g/mol. The highest BCUT2D eigenvalue weighted by molar-refractivity contribution is 5.63. The van der Waals surface area contributed by atoms with Gasteiger partial charge in [0.2, 0.25) is 5.95 Å². The molecule has 7 nitrogen and oxygen atoms in total. The average molecular weight is 476 g/mol. The lowest BCUT2D eigenvalue weighted by atomic mass is 9.92. The third kappa shape index (κ3) is 6.10. The van der Waals surface area contributed by atoms with Crippen LogP contribution in [0.25, 0.3) is 11.3 Å². The Morgan fingerprint density at radius 3 is 2.53 bits per heavy atom. The number of hydrogen-bond acceptors (Lipinski definition) is 7. The summed E-state index contributed by atoms with van der Waals surface area (Å²) in [6.45, 7) is 0. The van der Waals surface area contributed by atoms with Crippen LogP contribution >= 0.6 is 0 Å². The van der Waals surface area contributed by atoms with Gasteiger partial charge in [0.05, 0.1) is 5.69 Å². The number of halogens is 4. The van der Waals surface area contributed by atoms with Gasteiger partial charge in [-0.05, 0) is 56.0 Å². The van der Waals surface area contributed by atoms with Crippen LogP contribution in [0, 0.1) is 0 Å². The minimum atomic E-state index is -4.59. The predicted molar refractivity (Wildman–Crippen MR) is 120 cm³/mol. The molecule has 11 heteroatoms. The molecule has 1 aliphatic rings. The maximum atomic E-state index is 13.2. The number of nitrogens with zero attached hydrogens (tertiary/aromatic N) is 3. The molecule has 1 fully saturated rings. The van der Waals surface area contributed by atoms with Crippen molar-refractivity contribution in [2.45, 2.75) is 50.3 Å². The van der Waals surface area contributed by atoms with E-state index in [1.165, 1.54) is 12.3 Å². The van der Waals surface area contributed by atoms with E-state index in [1.54, 1.807) is 18.3 Å². The van der Waals surface area contributed by atoms with Crippen LogP contribution in [0.4, 0.5) is 35.0 Å². The lowest BCUT2D eigenvalue weighted by Crippen LogP contribution is -2.33. The van der Waals surface area contributed by atoms with E-state index in [9.17, 15) is 17.6 Å². The van der Waals surface area contributed by atoms with Crippen molar-refractivity contribution in [3.05, 3.63) is 54.9 Å². The summed E-state index contributed by atoms with van der Waals surface area (Å²) in [5, 5.41) is 6.29. The molecule has 180 valence electrons. The number of ether oxygens (including phenoxy) is 1. The first-order valence-electron chi connectivity index (χ1n) is 10.8. The maximum absolute atomic E-state index is 13.2. The van der Waals surface area contributed by atoms with Gasteiger partial charge in [-0.25, -0.2) is 15.0 Å². The van der Waals surface area contributed by atoms with Gasteiger partial charge in [-0.2, -0.15) is 17.6 Å². The van der Waals surface area contributed by atoms with Crippen LogP contribution in [-0.2, 0) is 0 Å². The van der Waals surface area contributed by atoms with E-state index in [1.807, 2.05) is 12.1 Å². The Bertz CT molecular complexity index is 1090. The standard InChI is InChI=1S/C23H24F4N6O/c24-21(25)23(26,27)34-18-3-1-2-17(12-18)32-22-29-11-10-19(33-22)14-4-9-20(30-13-14)31-16-7-5-15(28)6-8-16/h1-4,9-13,15-16,21H,5-8,28H2,(H,30,31)(H,29,32,33). The van der Waals surface area contributed by atoms with Crippen molar-refractivity contribution < 1.29 is 22.3 Å². The first-order chi connectivity index (χ1) is 16.3. The number of benzene rings is 1. The molecule has 0 spiro atoms. The van der Waals surface area contributed by atoms with Gasteiger partial charge in [-0.3, -0.25) is 0 Å². The second-order valence-corrected chi connectivity index (χ2v) is 8.07. The fraction of sp³-hybridized carbons (Fsp3) is 0.348. The van der Waals surface area contributed by atoms with Crippen LogP contribution in [-0.4, -0.2) is 39.6 Å². The van der Waals surface area contributed by atoms with Crippen molar-refractivity contribution in [2.75, 3.05) is 10.6 Å². The molecule has 0 aliphatic heterocycles. The molecule has 0 saturated heterocycles. The molecule has 4 rings (SSSR count). The molecule has 1 saturated carbocycles. The molecule has 3 aromatic rings. The third-order valence-corrected chi connectivity index (χ3v) is 5.44. The van der Waals surface area contributed by atoms with Crippen molar-refractivity contribution >= 4 is 17.5 Å². The second kappa shape index (κ2) is 10.2. The maximum Gasteiger partial charge on any atom is 0.461 e. The van der Waals surface area contributed by atoms with E-state index in [0.29, 0.717) is 17.4 Å². The fourth-order valence-corrected chi connectivity index (χ4v) is 3.65. The van der Waals surface area contributed by atoms with Gasteiger partial charge >= 0.3 is 12.5 Å². The van der Waals surface area contributed by atoms with Crippen molar-refractivity contribution in [2.24, 2.45) is 5.73 Å². The first kappa shape index (κ1) is 23.7. The normalized spacial score (nSPS) is 18.5. The van der Waals surface area contributed by atoms with Crippen LogP contribution < -0.4 is 21.1 Å². The van der Waals surface area contributed by atoms with Gasteiger partial charge in [0.25, 0.3) is 0 Å². The summed E-state index contributed by atoms with van der Waals surface area (Å²) >= 11 is 0. The summed E-state index contributed by atoms with van der Waals surface area (Å²) in [4.78, 5) is 13.0. The van der Waals surface area contributed by atoms with Crippen LogP contribution in [0.1, 0.15) is 25.7 Å². The summed E-state index contributed by atoms with van der Waals surface area (Å²) in [7, 11) is 0. The summed E-state index contributed by atoms with van der Waals surface area (Å²) in [5.41, 5.74) is 7.60. The Kier molecular flexibility index (Phi) is 7.11. The zero-order valence-corrected chi connectivity index (χ0v) is 18.1. The van der Waals surface area contributed by atoms with E-state index < -0.39 is 18.3 Å². The van der Waals surface area contributed by atoms with Crippen molar-refractivity contribution in [1.29, 1.82) is 0 Å². The second-order valence-electron chi connectivity index (χ2n) is 8.07. The summed E-state index contributed by atoms with van der Waals surface area (Å²) in [5.74, 6) is 0.545. The minimum absolute atomic E-state index is 0.191. The number of nitrogens with one attached hydrogen (secondary N) is 2. The Labute approximate surface area is 193 Å². The molecule has 34 heavy (non-hydrogen) atoms. The minimum Gasteiger partial charge on any atom is -0.428 e. The average Bonchev–Trinajstić information content (AvgIpc) is 2.81. The highest BCUT2D eigenvalue weighted by atomic mass is 19.3. The van der Waals surface area contributed by atoms with E-state index in [2.05, 4.69) is 30.3 Å². The monoisotopic (exact) mass is 476 g/mol. The summed E-state index contributed by atoms with van der Waals surface area (Å²) in [6.07, 6.45) is -1.29. The van der Waals surface area contributed by atoms with Crippen LogP contribution in [0.5, 0.6) is 5.75 Å². The molecule has 0 atom stereocenters. The van der Waals surface area contributed by atoms with Crippen LogP contribution in [0.15, 0.2) is 54.9 Å².